The van der Waals surface area contributed by atoms with Gasteiger partial charge < -0.3 is 15.3 Å². The van der Waals surface area contributed by atoms with E-state index in [1.165, 1.54) is 6.08 Å². The summed E-state index contributed by atoms with van der Waals surface area (Å²) in [5.74, 6) is -0.264. The van der Waals surface area contributed by atoms with Gasteiger partial charge in [0, 0.05) is 12.1 Å². The fraction of sp³-hybridized carbons (Fsp3) is 0.545. The van der Waals surface area contributed by atoms with Crippen LogP contribution in [-0.4, -0.2) is 43.1 Å². The summed E-state index contributed by atoms with van der Waals surface area (Å²) in [6.07, 6.45) is 2.26. The molecular formula is C11H20N2O2. The minimum atomic E-state index is -0.163. The minimum absolute atomic E-state index is 0.101. The van der Waals surface area contributed by atoms with Crippen LogP contribution in [0.25, 0.3) is 0 Å². The van der Waals surface area contributed by atoms with Crippen LogP contribution in [0.2, 0.25) is 0 Å². The van der Waals surface area contributed by atoms with Crippen molar-refractivity contribution in [3.8, 4) is 0 Å². The third-order valence-electron chi connectivity index (χ3n) is 1.81. The normalized spacial score (nSPS) is 11.6. The van der Waals surface area contributed by atoms with Gasteiger partial charge >= 0.3 is 0 Å². The first kappa shape index (κ1) is 13.7. The lowest BCUT2D eigenvalue weighted by atomic mass is 10.2. The largest absolute Gasteiger partial charge is 0.509 e. The summed E-state index contributed by atoms with van der Waals surface area (Å²) in [5, 5.41) is 11.6. The van der Waals surface area contributed by atoms with Crippen LogP contribution in [0.4, 0.5) is 0 Å². The Morgan fingerprint density at radius 3 is 2.60 bits per heavy atom. The molecule has 0 saturated carbocycles. The lowest BCUT2D eigenvalue weighted by Gasteiger charge is -2.09. The van der Waals surface area contributed by atoms with E-state index in [2.05, 4.69) is 16.8 Å². The lowest BCUT2D eigenvalue weighted by Crippen LogP contribution is -2.27. The van der Waals surface area contributed by atoms with Crippen LogP contribution < -0.4 is 5.32 Å². The van der Waals surface area contributed by atoms with E-state index < -0.39 is 0 Å². The van der Waals surface area contributed by atoms with E-state index in [9.17, 15) is 4.79 Å². The molecule has 0 aromatic rings. The quantitative estimate of drug-likeness (QED) is 0.300. The first-order chi connectivity index (χ1) is 6.93. The van der Waals surface area contributed by atoms with Gasteiger partial charge in [-0.25, -0.2) is 0 Å². The SMILES string of the molecule is C=C(O)C=C(C)C(=O)NCCCN(C)C. The Labute approximate surface area is 91.3 Å². The average Bonchev–Trinajstić information content (AvgIpc) is 2.10. The van der Waals surface area contributed by atoms with Gasteiger partial charge in [0.05, 0.1) is 0 Å². The number of carbonyl (C=O) groups excluding carboxylic acids is 1. The van der Waals surface area contributed by atoms with Crippen LogP contribution in [0.3, 0.4) is 0 Å². The number of nitrogens with one attached hydrogen (secondary N) is 1. The Bertz CT molecular complexity index is 257. The van der Waals surface area contributed by atoms with Crippen molar-refractivity contribution in [3.05, 3.63) is 24.0 Å². The Balaban J connectivity index is 3.79. The van der Waals surface area contributed by atoms with Gasteiger partial charge in [0.1, 0.15) is 5.76 Å². The fourth-order valence-electron chi connectivity index (χ4n) is 1.05. The van der Waals surface area contributed by atoms with E-state index in [1.54, 1.807) is 6.92 Å². The topological polar surface area (TPSA) is 52.6 Å². The molecule has 0 aliphatic carbocycles. The second-order valence-corrected chi connectivity index (χ2v) is 3.73. The Hall–Kier alpha value is -1.29. The van der Waals surface area contributed by atoms with Crippen molar-refractivity contribution in [2.75, 3.05) is 27.2 Å². The van der Waals surface area contributed by atoms with Gasteiger partial charge in [0.2, 0.25) is 5.91 Å². The first-order valence-electron chi connectivity index (χ1n) is 4.92. The highest BCUT2D eigenvalue weighted by Gasteiger charge is 2.02. The van der Waals surface area contributed by atoms with Crippen LogP contribution >= 0.6 is 0 Å². The monoisotopic (exact) mass is 212 g/mol. The van der Waals surface area contributed by atoms with E-state index in [4.69, 9.17) is 5.11 Å². The van der Waals surface area contributed by atoms with Crippen LogP contribution in [0.15, 0.2) is 24.0 Å². The highest BCUT2D eigenvalue weighted by atomic mass is 16.3. The number of hydrogen-bond donors (Lipinski definition) is 2. The molecule has 0 heterocycles. The molecule has 0 saturated heterocycles. The summed E-state index contributed by atoms with van der Waals surface area (Å²) < 4.78 is 0. The van der Waals surface area contributed by atoms with E-state index in [0.29, 0.717) is 12.1 Å². The third kappa shape index (κ3) is 7.76. The Kier molecular flexibility index (Phi) is 6.45. The summed E-state index contributed by atoms with van der Waals surface area (Å²) in [6.45, 7) is 6.51. The van der Waals surface area contributed by atoms with Gasteiger partial charge in [-0.05, 0) is 40.1 Å². The van der Waals surface area contributed by atoms with Crippen molar-refractivity contribution in [1.82, 2.24) is 10.2 Å². The van der Waals surface area contributed by atoms with Gasteiger partial charge in [-0.2, -0.15) is 0 Å². The standard InChI is InChI=1S/C11H20N2O2/c1-9(8-10(2)14)11(15)12-6-5-7-13(3)4/h8,14H,2,5-7H2,1,3-4H3,(H,12,15). The summed E-state index contributed by atoms with van der Waals surface area (Å²) in [4.78, 5) is 13.4. The van der Waals surface area contributed by atoms with Gasteiger partial charge in [0.15, 0.2) is 0 Å². The van der Waals surface area contributed by atoms with Crippen LogP contribution in [0.1, 0.15) is 13.3 Å². The molecule has 0 fully saturated rings. The maximum absolute atomic E-state index is 11.4. The average molecular weight is 212 g/mol. The highest BCUT2D eigenvalue weighted by molar-refractivity contribution is 5.93. The van der Waals surface area contributed by atoms with Crippen molar-refractivity contribution in [2.24, 2.45) is 0 Å². The van der Waals surface area contributed by atoms with Crippen molar-refractivity contribution < 1.29 is 9.90 Å². The van der Waals surface area contributed by atoms with Crippen molar-refractivity contribution in [3.63, 3.8) is 0 Å². The van der Waals surface area contributed by atoms with Crippen LogP contribution in [-0.2, 0) is 4.79 Å². The molecule has 0 spiro atoms. The van der Waals surface area contributed by atoms with Crippen molar-refractivity contribution in [1.29, 1.82) is 0 Å². The summed E-state index contributed by atoms with van der Waals surface area (Å²) in [6, 6.07) is 0. The van der Waals surface area contributed by atoms with Gasteiger partial charge in [-0.3, -0.25) is 4.79 Å². The first-order valence-corrected chi connectivity index (χ1v) is 4.92. The van der Waals surface area contributed by atoms with Gasteiger partial charge in [-0.15, -0.1) is 0 Å². The van der Waals surface area contributed by atoms with E-state index in [0.717, 1.165) is 13.0 Å². The molecule has 0 rings (SSSR count). The predicted octanol–water partition coefficient (Wildman–Crippen LogP) is 1.07. The number of nitrogens with zero attached hydrogens (tertiary/aromatic N) is 1. The van der Waals surface area contributed by atoms with Gasteiger partial charge in [0.25, 0.3) is 0 Å². The Morgan fingerprint density at radius 1 is 1.53 bits per heavy atom. The summed E-state index contributed by atoms with van der Waals surface area (Å²) in [7, 11) is 3.98. The predicted molar refractivity (Wildman–Crippen MR) is 61.7 cm³/mol. The molecule has 15 heavy (non-hydrogen) atoms. The second-order valence-electron chi connectivity index (χ2n) is 3.73. The van der Waals surface area contributed by atoms with E-state index in [1.807, 2.05) is 14.1 Å². The molecule has 0 atom stereocenters. The van der Waals surface area contributed by atoms with E-state index >= 15 is 0 Å². The molecule has 4 nitrogen and oxygen atoms in total. The molecule has 0 bridgehead atoms. The number of aliphatic hydroxyl groups is 1. The molecule has 0 unspecified atom stereocenters. The molecule has 0 aromatic carbocycles. The summed E-state index contributed by atoms with van der Waals surface area (Å²) >= 11 is 0. The second kappa shape index (κ2) is 7.06. The maximum Gasteiger partial charge on any atom is 0.247 e. The smallest absolute Gasteiger partial charge is 0.247 e. The molecule has 0 aromatic heterocycles. The number of hydrogen-bond acceptors (Lipinski definition) is 3. The third-order valence-corrected chi connectivity index (χ3v) is 1.81. The zero-order valence-corrected chi connectivity index (χ0v) is 9.71. The lowest BCUT2D eigenvalue weighted by molar-refractivity contribution is -0.117. The van der Waals surface area contributed by atoms with Gasteiger partial charge in [-0.1, -0.05) is 6.58 Å². The molecule has 1 amide bonds. The zero-order valence-electron chi connectivity index (χ0n) is 9.71. The molecule has 86 valence electrons. The van der Waals surface area contributed by atoms with Crippen LogP contribution in [0, 0.1) is 0 Å². The number of rotatable bonds is 6. The van der Waals surface area contributed by atoms with Crippen molar-refractivity contribution in [2.45, 2.75) is 13.3 Å². The number of allylic oxidation sites excluding steroid dienone is 1. The molecule has 0 aliphatic rings. The van der Waals surface area contributed by atoms with Crippen LogP contribution in [0.5, 0.6) is 0 Å². The number of aliphatic hydroxyl groups excluding tert-OH is 1. The molecule has 2 N–H and O–H groups in total. The summed E-state index contributed by atoms with van der Waals surface area (Å²) in [5.41, 5.74) is 0.465. The Morgan fingerprint density at radius 2 is 2.13 bits per heavy atom. The van der Waals surface area contributed by atoms with Crippen molar-refractivity contribution >= 4 is 5.91 Å². The fourth-order valence-corrected chi connectivity index (χ4v) is 1.05. The highest BCUT2D eigenvalue weighted by Crippen LogP contribution is 1.97. The maximum atomic E-state index is 11.4. The number of amides is 1. The molecule has 0 aliphatic heterocycles. The number of carbonyl (C=O) groups is 1. The molecule has 0 radical (unpaired) electrons. The molecular weight excluding hydrogens is 192 g/mol. The minimum Gasteiger partial charge on any atom is -0.509 e. The molecule has 4 heteroatoms. The zero-order chi connectivity index (χ0) is 11.8. The van der Waals surface area contributed by atoms with E-state index in [-0.39, 0.29) is 11.7 Å².